The van der Waals surface area contributed by atoms with E-state index >= 15 is 0 Å². The second kappa shape index (κ2) is 9.06. The Balaban J connectivity index is 1.55. The van der Waals surface area contributed by atoms with Crippen molar-refractivity contribution in [1.82, 2.24) is 25.1 Å². The van der Waals surface area contributed by atoms with Crippen LogP contribution >= 0.6 is 23.1 Å². The van der Waals surface area contributed by atoms with Gasteiger partial charge in [-0.15, -0.1) is 21.5 Å². The SMILES string of the molecule is CCCNC(=O)c1coc(CSc2nnc(-c3cccs3)n2-c2ccccc2)n1. The summed E-state index contributed by atoms with van der Waals surface area (Å²) in [6.45, 7) is 2.61. The van der Waals surface area contributed by atoms with Gasteiger partial charge in [-0.25, -0.2) is 4.98 Å². The van der Waals surface area contributed by atoms with Gasteiger partial charge < -0.3 is 9.73 Å². The van der Waals surface area contributed by atoms with Crippen molar-refractivity contribution in [3.8, 4) is 16.4 Å². The zero-order valence-corrected chi connectivity index (χ0v) is 17.4. The van der Waals surface area contributed by atoms with Crippen molar-refractivity contribution < 1.29 is 9.21 Å². The van der Waals surface area contributed by atoms with Crippen molar-refractivity contribution in [2.24, 2.45) is 0 Å². The van der Waals surface area contributed by atoms with Crippen LogP contribution < -0.4 is 5.32 Å². The van der Waals surface area contributed by atoms with E-state index in [0.29, 0.717) is 18.2 Å². The molecule has 4 rings (SSSR count). The van der Waals surface area contributed by atoms with Crippen molar-refractivity contribution in [2.45, 2.75) is 24.3 Å². The van der Waals surface area contributed by atoms with E-state index < -0.39 is 0 Å². The highest BCUT2D eigenvalue weighted by molar-refractivity contribution is 7.98. The van der Waals surface area contributed by atoms with Gasteiger partial charge in [0.05, 0.1) is 10.6 Å². The fourth-order valence-electron chi connectivity index (χ4n) is 2.68. The molecule has 0 aliphatic heterocycles. The highest BCUT2D eigenvalue weighted by Crippen LogP contribution is 2.31. The Kier molecular flexibility index (Phi) is 6.06. The summed E-state index contributed by atoms with van der Waals surface area (Å²) >= 11 is 3.08. The molecule has 29 heavy (non-hydrogen) atoms. The average molecular weight is 426 g/mol. The lowest BCUT2D eigenvalue weighted by Gasteiger charge is -2.08. The Morgan fingerprint density at radius 3 is 2.83 bits per heavy atom. The number of aromatic nitrogens is 4. The van der Waals surface area contributed by atoms with Crippen LogP contribution in [0.2, 0.25) is 0 Å². The summed E-state index contributed by atoms with van der Waals surface area (Å²) in [5, 5.41) is 14.3. The van der Waals surface area contributed by atoms with E-state index in [1.807, 2.05) is 59.3 Å². The molecule has 0 saturated carbocycles. The summed E-state index contributed by atoms with van der Waals surface area (Å²) in [4.78, 5) is 17.3. The Labute approximate surface area is 176 Å². The summed E-state index contributed by atoms with van der Waals surface area (Å²) < 4.78 is 7.49. The van der Waals surface area contributed by atoms with Crippen LogP contribution in [0, 0.1) is 0 Å². The lowest BCUT2D eigenvalue weighted by molar-refractivity contribution is 0.0948. The number of hydrogen-bond donors (Lipinski definition) is 1. The first-order valence-corrected chi connectivity index (χ1v) is 11.0. The van der Waals surface area contributed by atoms with E-state index in [-0.39, 0.29) is 11.6 Å². The second-order valence-corrected chi connectivity index (χ2v) is 8.02. The van der Waals surface area contributed by atoms with Crippen molar-refractivity contribution in [2.75, 3.05) is 6.54 Å². The minimum absolute atomic E-state index is 0.223. The van der Waals surface area contributed by atoms with Crippen LogP contribution in [-0.2, 0) is 5.75 Å². The third kappa shape index (κ3) is 4.41. The van der Waals surface area contributed by atoms with Gasteiger partial charge in [-0.2, -0.15) is 0 Å². The Bertz CT molecular complexity index is 1070. The molecule has 0 bridgehead atoms. The molecule has 0 aliphatic rings. The van der Waals surface area contributed by atoms with Crippen LogP contribution in [0.4, 0.5) is 0 Å². The minimum atomic E-state index is -0.223. The van der Waals surface area contributed by atoms with Crippen LogP contribution in [0.3, 0.4) is 0 Å². The quantitative estimate of drug-likeness (QED) is 0.421. The summed E-state index contributed by atoms with van der Waals surface area (Å²) in [5.41, 5.74) is 1.27. The molecular weight excluding hydrogens is 406 g/mol. The van der Waals surface area contributed by atoms with Crippen LogP contribution in [-0.4, -0.2) is 32.2 Å². The van der Waals surface area contributed by atoms with E-state index in [9.17, 15) is 4.79 Å². The summed E-state index contributed by atoms with van der Waals surface area (Å²) in [6, 6.07) is 14.0. The second-order valence-electron chi connectivity index (χ2n) is 6.13. The molecule has 4 aromatic rings. The van der Waals surface area contributed by atoms with E-state index in [2.05, 4.69) is 20.5 Å². The van der Waals surface area contributed by atoms with E-state index in [0.717, 1.165) is 28.0 Å². The first-order valence-electron chi connectivity index (χ1n) is 9.16. The number of rotatable bonds is 8. The molecule has 0 spiro atoms. The van der Waals surface area contributed by atoms with E-state index in [1.165, 1.54) is 18.0 Å². The maximum atomic E-state index is 12.0. The fraction of sp³-hybridized carbons (Fsp3) is 0.200. The van der Waals surface area contributed by atoms with Crippen molar-refractivity contribution in [1.29, 1.82) is 0 Å². The Morgan fingerprint density at radius 1 is 1.21 bits per heavy atom. The number of nitrogens with one attached hydrogen (secondary N) is 1. The van der Waals surface area contributed by atoms with Gasteiger partial charge in [0.2, 0.25) is 5.89 Å². The normalized spacial score (nSPS) is 10.9. The predicted octanol–water partition coefficient (Wildman–Crippen LogP) is 4.42. The smallest absolute Gasteiger partial charge is 0.273 e. The number of thioether (sulfide) groups is 1. The fourth-order valence-corrected chi connectivity index (χ4v) is 4.18. The van der Waals surface area contributed by atoms with Crippen LogP contribution in [0.1, 0.15) is 29.7 Å². The highest BCUT2D eigenvalue weighted by atomic mass is 32.2. The summed E-state index contributed by atoms with van der Waals surface area (Å²) in [5.74, 6) is 1.48. The van der Waals surface area contributed by atoms with Gasteiger partial charge in [0, 0.05) is 12.2 Å². The van der Waals surface area contributed by atoms with Gasteiger partial charge in [0.25, 0.3) is 5.91 Å². The largest absolute Gasteiger partial charge is 0.447 e. The van der Waals surface area contributed by atoms with Crippen molar-refractivity contribution in [3.63, 3.8) is 0 Å². The molecule has 0 atom stereocenters. The maximum Gasteiger partial charge on any atom is 0.273 e. The molecule has 0 fully saturated rings. The molecule has 0 aliphatic carbocycles. The third-order valence-electron chi connectivity index (χ3n) is 4.03. The first-order chi connectivity index (χ1) is 14.3. The molecule has 1 N–H and O–H groups in total. The number of benzene rings is 1. The average Bonchev–Trinajstić information content (AvgIpc) is 3.51. The van der Waals surface area contributed by atoms with E-state index in [4.69, 9.17) is 4.42 Å². The zero-order valence-electron chi connectivity index (χ0n) is 15.7. The van der Waals surface area contributed by atoms with Gasteiger partial charge >= 0.3 is 0 Å². The minimum Gasteiger partial charge on any atom is -0.447 e. The maximum absolute atomic E-state index is 12.0. The standard InChI is InChI=1S/C20H19N5O2S2/c1-2-10-21-19(26)15-12-27-17(22-15)13-29-20-24-23-18(16-9-6-11-28-16)25(20)14-7-4-3-5-8-14/h3-9,11-12H,2,10,13H2,1H3,(H,21,26). The third-order valence-corrected chi connectivity index (χ3v) is 5.81. The molecule has 7 nitrogen and oxygen atoms in total. The number of nitrogens with zero attached hydrogens (tertiary/aromatic N) is 4. The van der Waals surface area contributed by atoms with Crippen LogP contribution in [0.5, 0.6) is 0 Å². The molecule has 0 radical (unpaired) electrons. The molecule has 148 valence electrons. The number of para-hydroxylation sites is 1. The number of oxazole rings is 1. The van der Waals surface area contributed by atoms with Gasteiger partial charge in [-0.05, 0) is 30.0 Å². The zero-order chi connectivity index (χ0) is 20.1. The molecule has 3 aromatic heterocycles. The molecule has 1 aromatic carbocycles. The highest BCUT2D eigenvalue weighted by Gasteiger charge is 2.18. The van der Waals surface area contributed by atoms with Gasteiger partial charge in [0.15, 0.2) is 16.7 Å². The predicted molar refractivity (Wildman–Crippen MR) is 113 cm³/mol. The Morgan fingerprint density at radius 2 is 2.07 bits per heavy atom. The summed E-state index contributed by atoms with van der Waals surface area (Å²) in [6.07, 6.45) is 2.26. The molecule has 1 amide bonds. The Hall–Kier alpha value is -2.91. The molecular formula is C20H19N5O2S2. The van der Waals surface area contributed by atoms with Crippen LogP contribution in [0.15, 0.2) is 63.7 Å². The van der Waals surface area contributed by atoms with Crippen LogP contribution in [0.25, 0.3) is 16.4 Å². The molecule has 0 unspecified atom stereocenters. The van der Waals surface area contributed by atoms with Gasteiger partial charge in [0.1, 0.15) is 6.26 Å². The summed E-state index contributed by atoms with van der Waals surface area (Å²) in [7, 11) is 0. The molecule has 3 heterocycles. The number of amides is 1. The monoisotopic (exact) mass is 425 g/mol. The topological polar surface area (TPSA) is 85.8 Å². The van der Waals surface area contributed by atoms with Crippen molar-refractivity contribution in [3.05, 3.63) is 65.7 Å². The van der Waals surface area contributed by atoms with Gasteiger partial charge in [-0.3, -0.25) is 9.36 Å². The lowest BCUT2D eigenvalue weighted by atomic mass is 10.3. The number of carbonyl (C=O) groups excluding carboxylic acids is 1. The first kappa shape index (κ1) is 19.4. The van der Waals surface area contributed by atoms with E-state index in [1.54, 1.807) is 11.3 Å². The molecule has 0 saturated heterocycles. The number of thiophene rings is 1. The van der Waals surface area contributed by atoms with Gasteiger partial charge in [-0.1, -0.05) is 43.0 Å². The number of carbonyl (C=O) groups is 1. The lowest BCUT2D eigenvalue weighted by Crippen LogP contribution is -2.24. The molecule has 9 heteroatoms. The van der Waals surface area contributed by atoms with Crippen molar-refractivity contribution >= 4 is 29.0 Å². The number of hydrogen-bond acceptors (Lipinski definition) is 7.